The molecule has 0 aliphatic carbocycles. The van der Waals surface area contributed by atoms with Crippen LogP contribution in [-0.4, -0.2) is 26.6 Å². The normalized spacial score (nSPS) is 12.9. The minimum Gasteiger partial charge on any atom is -0.345 e. The fraction of sp³-hybridized carbons (Fsp3) is 0.286. The van der Waals surface area contributed by atoms with E-state index in [4.69, 9.17) is 0 Å². The number of hydrogen-bond acceptors (Lipinski definition) is 4. The summed E-state index contributed by atoms with van der Waals surface area (Å²) in [4.78, 5) is 23.4. The zero-order chi connectivity index (χ0) is 14.8. The molecule has 7 heteroatoms. The average Bonchev–Trinajstić information content (AvgIpc) is 3.08. The van der Waals surface area contributed by atoms with E-state index in [2.05, 4.69) is 20.8 Å². The van der Waals surface area contributed by atoms with Crippen molar-refractivity contribution >= 4 is 17.5 Å². The third-order valence-corrected chi connectivity index (χ3v) is 3.44. The van der Waals surface area contributed by atoms with Gasteiger partial charge >= 0.3 is 0 Å². The van der Waals surface area contributed by atoms with Gasteiger partial charge in [0.25, 0.3) is 5.91 Å². The minimum atomic E-state index is -0.204. The van der Waals surface area contributed by atoms with Crippen LogP contribution < -0.4 is 10.6 Å². The van der Waals surface area contributed by atoms with Crippen molar-refractivity contribution in [3.8, 4) is 0 Å². The lowest BCUT2D eigenvalue weighted by molar-refractivity contribution is -0.115. The fourth-order valence-corrected chi connectivity index (χ4v) is 2.30. The van der Waals surface area contributed by atoms with Crippen molar-refractivity contribution in [1.29, 1.82) is 0 Å². The number of nitrogens with one attached hydrogen (secondary N) is 2. The number of hydrogen-bond donors (Lipinski definition) is 2. The Balaban J connectivity index is 1.69. The minimum absolute atomic E-state index is 0.0430. The van der Waals surface area contributed by atoms with Crippen LogP contribution in [0.15, 0.2) is 24.5 Å². The number of aryl methyl sites for hydroxylation is 1. The van der Waals surface area contributed by atoms with Crippen molar-refractivity contribution in [3.63, 3.8) is 0 Å². The fourth-order valence-electron chi connectivity index (χ4n) is 2.30. The van der Waals surface area contributed by atoms with Crippen molar-refractivity contribution in [1.82, 2.24) is 20.1 Å². The van der Waals surface area contributed by atoms with E-state index in [1.165, 1.54) is 0 Å². The summed E-state index contributed by atoms with van der Waals surface area (Å²) in [6.45, 7) is 3.05. The van der Waals surface area contributed by atoms with E-state index in [1.807, 2.05) is 11.5 Å². The molecule has 2 aromatic rings. The summed E-state index contributed by atoms with van der Waals surface area (Å²) in [6.07, 6.45) is 2.00. The second-order valence-electron chi connectivity index (χ2n) is 4.81. The molecule has 108 valence electrons. The van der Waals surface area contributed by atoms with Gasteiger partial charge in [0.15, 0.2) is 5.82 Å². The summed E-state index contributed by atoms with van der Waals surface area (Å²) in [7, 11) is 0. The monoisotopic (exact) mass is 285 g/mol. The molecular formula is C14H15N5O2. The number of fused-ring (bicyclic) bond motifs is 1. The van der Waals surface area contributed by atoms with E-state index in [0.29, 0.717) is 30.0 Å². The lowest BCUT2D eigenvalue weighted by Crippen LogP contribution is -2.24. The van der Waals surface area contributed by atoms with Crippen LogP contribution in [0.2, 0.25) is 0 Å². The van der Waals surface area contributed by atoms with Gasteiger partial charge in [-0.2, -0.15) is 0 Å². The summed E-state index contributed by atoms with van der Waals surface area (Å²) in [5.74, 6) is 0.462. The van der Waals surface area contributed by atoms with E-state index >= 15 is 0 Å². The van der Waals surface area contributed by atoms with Crippen LogP contribution >= 0.6 is 0 Å². The van der Waals surface area contributed by atoms with Crippen LogP contribution in [0.5, 0.6) is 0 Å². The van der Waals surface area contributed by atoms with Crippen LogP contribution in [0.3, 0.4) is 0 Å². The maximum absolute atomic E-state index is 12.1. The van der Waals surface area contributed by atoms with E-state index in [1.54, 1.807) is 24.5 Å². The van der Waals surface area contributed by atoms with Crippen molar-refractivity contribution in [2.75, 3.05) is 5.32 Å². The molecule has 2 amide bonds. The maximum atomic E-state index is 12.1. The lowest BCUT2D eigenvalue weighted by atomic mass is 10.1. The summed E-state index contributed by atoms with van der Waals surface area (Å²) in [5.41, 5.74) is 2.14. The van der Waals surface area contributed by atoms with Crippen molar-refractivity contribution in [2.45, 2.75) is 26.4 Å². The Morgan fingerprint density at radius 2 is 2.33 bits per heavy atom. The van der Waals surface area contributed by atoms with Crippen LogP contribution in [0.25, 0.3) is 0 Å². The first-order chi connectivity index (χ1) is 10.2. The number of nitrogens with zero attached hydrogens (tertiary/aromatic N) is 3. The molecule has 1 aromatic heterocycles. The second-order valence-corrected chi connectivity index (χ2v) is 4.81. The molecule has 2 N–H and O–H groups in total. The zero-order valence-electron chi connectivity index (χ0n) is 11.6. The van der Waals surface area contributed by atoms with Gasteiger partial charge in [0.2, 0.25) is 5.91 Å². The maximum Gasteiger partial charge on any atom is 0.251 e. The topological polar surface area (TPSA) is 88.9 Å². The Morgan fingerprint density at radius 1 is 1.48 bits per heavy atom. The highest BCUT2D eigenvalue weighted by atomic mass is 16.2. The SMILES string of the molecule is CCn1cnnc1CNC(=O)c1ccc2c(c1)NC(=O)C2. The van der Waals surface area contributed by atoms with Crippen LogP contribution in [-0.2, 0) is 24.3 Å². The van der Waals surface area contributed by atoms with E-state index in [-0.39, 0.29) is 11.8 Å². The van der Waals surface area contributed by atoms with Crippen molar-refractivity contribution in [2.24, 2.45) is 0 Å². The molecule has 7 nitrogen and oxygen atoms in total. The number of amides is 2. The first-order valence-electron chi connectivity index (χ1n) is 6.75. The Kier molecular flexibility index (Phi) is 3.39. The highest BCUT2D eigenvalue weighted by molar-refractivity contribution is 6.02. The molecule has 0 spiro atoms. The highest BCUT2D eigenvalue weighted by Gasteiger charge is 2.19. The highest BCUT2D eigenvalue weighted by Crippen LogP contribution is 2.23. The van der Waals surface area contributed by atoms with E-state index in [0.717, 1.165) is 12.1 Å². The largest absolute Gasteiger partial charge is 0.345 e. The van der Waals surface area contributed by atoms with Gasteiger partial charge in [-0.3, -0.25) is 9.59 Å². The predicted octanol–water partition coefficient (Wildman–Crippen LogP) is 0.723. The quantitative estimate of drug-likeness (QED) is 0.866. The number of rotatable bonds is 4. The van der Waals surface area contributed by atoms with Crippen LogP contribution in [0.1, 0.15) is 28.7 Å². The Morgan fingerprint density at radius 3 is 3.14 bits per heavy atom. The molecule has 0 atom stereocenters. The molecule has 0 saturated carbocycles. The Labute approximate surface area is 121 Å². The van der Waals surface area contributed by atoms with Crippen LogP contribution in [0, 0.1) is 0 Å². The van der Waals surface area contributed by atoms with Crippen LogP contribution in [0.4, 0.5) is 5.69 Å². The molecule has 0 radical (unpaired) electrons. The first-order valence-corrected chi connectivity index (χ1v) is 6.75. The molecule has 0 fully saturated rings. The van der Waals surface area contributed by atoms with Gasteiger partial charge in [-0.25, -0.2) is 0 Å². The molecule has 0 saturated heterocycles. The summed E-state index contributed by atoms with van der Waals surface area (Å²) in [5, 5.41) is 13.3. The molecule has 1 aromatic carbocycles. The van der Waals surface area contributed by atoms with Crippen molar-refractivity contribution in [3.05, 3.63) is 41.5 Å². The van der Waals surface area contributed by atoms with E-state index in [9.17, 15) is 9.59 Å². The second kappa shape index (κ2) is 5.35. The molecule has 21 heavy (non-hydrogen) atoms. The third kappa shape index (κ3) is 2.62. The summed E-state index contributed by atoms with van der Waals surface area (Å²) in [6, 6.07) is 5.22. The lowest BCUT2D eigenvalue weighted by Gasteiger charge is -2.07. The van der Waals surface area contributed by atoms with Gasteiger partial charge in [-0.15, -0.1) is 10.2 Å². The predicted molar refractivity (Wildman–Crippen MR) is 75.6 cm³/mol. The van der Waals surface area contributed by atoms with Gasteiger partial charge in [0.1, 0.15) is 6.33 Å². The standard InChI is InChI=1S/C14H15N5O2/c1-2-19-8-16-18-12(19)7-15-14(21)10-4-3-9-6-13(20)17-11(9)5-10/h3-5,8H,2,6-7H2,1H3,(H,15,21)(H,17,20). The molecule has 1 aliphatic rings. The van der Waals surface area contributed by atoms with Crippen molar-refractivity contribution < 1.29 is 9.59 Å². The smallest absolute Gasteiger partial charge is 0.251 e. The number of carbonyl (C=O) groups excluding carboxylic acids is 2. The zero-order valence-corrected chi connectivity index (χ0v) is 11.6. The number of aromatic nitrogens is 3. The molecule has 0 unspecified atom stereocenters. The van der Waals surface area contributed by atoms with Gasteiger partial charge < -0.3 is 15.2 Å². The first kappa shape index (κ1) is 13.3. The molecular weight excluding hydrogens is 270 g/mol. The molecule has 1 aliphatic heterocycles. The molecule has 3 rings (SSSR count). The number of benzene rings is 1. The van der Waals surface area contributed by atoms with Gasteiger partial charge in [-0.1, -0.05) is 6.07 Å². The summed E-state index contributed by atoms with van der Waals surface area (Å²) >= 11 is 0. The summed E-state index contributed by atoms with van der Waals surface area (Å²) < 4.78 is 1.86. The Bertz CT molecular complexity index is 707. The number of carbonyl (C=O) groups is 2. The Hall–Kier alpha value is -2.70. The number of anilines is 1. The van der Waals surface area contributed by atoms with E-state index < -0.39 is 0 Å². The average molecular weight is 285 g/mol. The van der Waals surface area contributed by atoms with Gasteiger partial charge in [-0.05, 0) is 24.6 Å². The third-order valence-electron chi connectivity index (χ3n) is 3.44. The molecule has 0 bridgehead atoms. The molecule has 2 heterocycles. The van der Waals surface area contributed by atoms with Gasteiger partial charge in [0, 0.05) is 17.8 Å². The van der Waals surface area contributed by atoms with Gasteiger partial charge in [0.05, 0.1) is 13.0 Å².